The summed E-state index contributed by atoms with van der Waals surface area (Å²) in [5.74, 6) is -0.129. The first-order valence-electron chi connectivity index (χ1n) is 8.33. The van der Waals surface area contributed by atoms with Crippen LogP contribution in [0.4, 0.5) is 0 Å². The molecular weight excluding hydrogens is 312 g/mol. The third-order valence-electron chi connectivity index (χ3n) is 4.93. The molecule has 0 unspecified atom stereocenters. The van der Waals surface area contributed by atoms with Crippen molar-refractivity contribution in [2.24, 2.45) is 0 Å². The summed E-state index contributed by atoms with van der Waals surface area (Å²) >= 11 is 0. The number of sulfonamides is 1. The summed E-state index contributed by atoms with van der Waals surface area (Å²) in [7, 11) is -3.58. The molecule has 0 bridgehead atoms. The standard InChI is InChI=1S/C17H24N2O3S/c1-13(20)14-5-4-8-17(11-14)23(21,22)18-15-9-10-19(12-15)16-6-2-3-7-16/h4-5,8,11,15-16,18H,2-3,6-7,9-10,12H2,1H3/t15-/m1/s1. The van der Waals surface area contributed by atoms with Crippen LogP contribution in [-0.4, -0.2) is 44.3 Å². The predicted molar refractivity (Wildman–Crippen MR) is 89.0 cm³/mol. The van der Waals surface area contributed by atoms with E-state index in [2.05, 4.69) is 9.62 Å². The van der Waals surface area contributed by atoms with Gasteiger partial charge in [0, 0.05) is 30.7 Å². The molecule has 1 aliphatic carbocycles. The first-order valence-corrected chi connectivity index (χ1v) is 9.81. The van der Waals surface area contributed by atoms with Gasteiger partial charge in [-0.15, -0.1) is 0 Å². The van der Waals surface area contributed by atoms with Crippen LogP contribution in [0.15, 0.2) is 29.2 Å². The number of benzene rings is 1. The van der Waals surface area contributed by atoms with Crippen LogP contribution in [0.3, 0.4) is 0 Å². The zero-order valence-electron chi connectivity index (χ0n) is 13.5. The van der Waals surface area contributed by atoms with E-state index in [4.69, 9.17) is 0 Å². The second-order valence-electron chi connectivity index (χ2n) is 6.62. The van der Waals surface area contributed by atoms with E-state index in [1.165, 1.54) is 38.7 Å². The summed E-state index contributed by atoms with van der Waals surface area (Å²) in [6, 6.07) is 6.84. The number of carbonyl (C=O) groups is 1. The van der Waals surface area contributed by atoms with Crippen molar-refractivity contribution >= 4 is 15.8 Å². The zero-order chi connectivity index (χ0) is 16.4. The summed E-state index contributed by atoms with van der Waals surface area (Å²) in [5, 5.41) is 0. The van der Waals surface area contributed by atoms with Gasteiger partial charge >= 0.3 is 0 Å². The van der Waals surface area contributed by atoms with E-state index in [1.807, 2.05) is 0 Å². The fourth-order valence-corrected chi connectivity index (χ4v) is 4.96. The lowest BCUT2D eigenvalue weighted by atomic mass is 10.2. The third-order valence-corrected chi connectivity index (χ3v) is 6.45. The van der Waals surface area contributed by atoms with Crippen LogP contribution in [0.25, 0.3) is 0 Å². The number of nitrogens with zero attached hydrogens (tertiary/aromatic N) is 1. The molecule has 0 amide bonds. The van der Waals surface area contributed by atoms with Crippen LogP contribution in [0.1, 0.15) is 49.4 Å². The first-order chi connectivity index (χ1) is 11.0. The highest BCUT2D eigenvalue weighted by Gasteiger charge is 2.32. The Morgan fingerprint density at radius 1 is 1.22 bits per heavy atom. The van der Waals surface area contributed by atoms with Gasteiger partial charge in [0.1, 0.15) is 0 Å². The molecule has 2 aliphatic rings. The SMILES string of the molecule is CC(=O)c1cccc(S(=O)(=O)N[C@@H]2CCN(C3CCCC3)C2)c1. The van der Waals surface area contributed by atoms with E-state index in [0.29, 0.717) is 11.6 Å². The molecule has 1 atom stereocenters. The highest BCUT2D eigenvalue weighted by atomic mass is 32.2. The van der Waals surface area contributed by atoms with Crippen LogP contribution >= 0.6 is 0 Å². The smallest absolute Gasteiger partial charge is 0.240 e. The van der Waals surface area contributed by atoms with Crippen LogP contribution in [0, 0.1) is 0 Å². The molecule has 1 aliphatic heterocycles. The van der Waals surface area contributed by atoms with Crippen molar-refractivity contribution in [3.8, 4) is 0 Å². The predicted octanol–water partition coefficient (Wildman–Crippen LogP) is 2.18. The molecule has 1 N–H and O–H groups in total. The summed E-state index contributed by atoms with van der Waals surface area (Å²) in [4.78, 5) is 14.0. The lowest BCUT2D eigenvalue weighted by Gasteiger charge is -2.23. The van der Waals surface area contributed by atoms with Gasteiger partial charge in [-0.3, -0.25) is 9.69 Å². The summed E-state index contributed by atoms with van der Waals surface area (Å²) < 4.78 is 27.9. The fraction of sp³-hybridized carbons (Fsp3) is 0.588. The first kappa shape index (κ1) is 16.6. The Morgan fingerprint density at radius 2 is 1.96 bits per heavy atom. The summed E-state index contributed by atoms with van der Waals surface area (Å²) in [6.45, 7) is 3.19. The van der Waals surface area contributed by atoms with E-state index in [1.54, 1.807) is 18.2 Å². The van der Waals surface area contributed by atoms with Crippen molar-refractivity contribution in [1.29, 1.82) is 0 Å². The molecule has 0 radical (unpaired) electrons. The number of hydrogen-bond acceptors (Lipinski definition) is 4. The lowest BCUT2D eigenvalue weighted by Crippen LogP contribution is -2.39. The fourth-order valence-electron chi connectivity index (χ4n) is 3.65. The van der Waals surface area contributed by atoms with Gasteiger partial charge in [-0.1, -0.05) is 25.0 Å². The molecular formula is C17H24N2O3S. The number of rotatable bonds is 5. The van der Waals surface area contributed by atoms with Crippen molar-refractivity contribution in [2.45, 2.75) is 56.0 Å². The Labute approximate surface area is 138 Å². The Hall–Kier alpha value is -1.24. The molecule has 0 spiro atoms. The average Bonchev–Trinajstić information content (AvgIpc) is 3.18. The maximum atomic E-state index is 12.5. The highest BCUT2D eigenvalue weighted by molar-refractivity contribution is 7.89. The molecule has 1 aromatic carbocycles. The second-order valence-corrected chi connectivity index (χ2v) is 8.34. The van der Waals surface area contributed by atoms with Crippen molar-refractivity contribution in [3.05, 3.63) is 29.8 Å². The van der Waals surface area contributed by atoms with Gasteiger partial charge in [0.05, 0.1) is 4.90 Å². The minimum absolute atomic E-state index is 0.0402. The zero-order valence-corrected chi connectivity index (χ0v) is 14.3. The van der Waals surface area contributed by atoms with Crippen molar-refractivity contribution in [1.82, 2.24) is 9.62 Å². The van der Waals surface area contributed by atoms with E-state index >= 15 is 0 Å². The molecule has 6 heteroatoms. The molecule has 1 aromatic rings. The van der Waals surface area contributed by atoms with Gasteiger partial charge < -0.3 is 0 Å². The Kier molecular flexibility index (Phi) is 4.85. The summed E-state index contributed by atoms with van der Waals surface area (Å²) in [6.07, 6.45) is 5.90. The highest BCUT2D eigenvalue weighted by Crippen LogP contribution is 2.27. The van der Waals surface area contributed by atoms with Gasteiger partial charge in [-0.2, -0.15) is 0 Å². The minimum Gasteiger partial charge on any atom is -0.299 e. The van der Waals surface area contributed by atoms with Crippen molar-refractivity contribution < 1.29 is 13.2 Å². The van der Waals surface area contributed by atoms with Crippen LogP contribution in [0.2, 0.25) is 0 Å². The van der Waals surface area contributed by atoms with Gasteiger partial charge in [-0.05, 0) is 38.3 Å². The molecule has 23 heavy (non-hydrogen) atoms. The van der Waals surface area contributed by atoms with Crippen LogP contribution < -0.4 is 4.72 Å². The molecule has 1 saturated heterocycles. The average molecular weight is 336 g/mol. The largest absolute Gasteiger partial charge is 0.299 e. The second kappa shape index (κ2) is 6.71. The number of likely N-dealkylation sites (tertiary alicyclic amines) is 1. The summed E-state index contributed by atoms with van der Waals surface area (Å²) in [5.41, 5.74) is 0.423. The Morgan fingerprint density at radius 3 is 2.65 bits per heavy atom. The lowest BCUT2D eigenvalue weighted by molar-refractivity contribution is 0.101. The Bertz CT molecular complexity index is 681. The molecule has 5 nitrogen and oxygen atoms in total. The van der Waals surface area contributed by atoms with E-state index in [0.717, 1.165) is 19.5 Å². The van der Waals surface area contributed by atoms with E-state index in [-0.39, 0.29) is 16.7 Å². The molecule has 1 heterocycles. The number of carbonyl (C=O) groups excluding carboxylic acids is 1. The Balaban J connectivity index is 1.67. The molecule has 0 aromatic heterocycles. The topological polar surface area (TPSA) is 66.5 Å². The third kappa shape index (κ3) is 3.82. The quantitative estimate of drug-likeness (QED) is 0.837. The van der Waals surface area contributed by atoms with E-state index < -0.39 is 10.0 Å². The number of ketones is 1. The number of nitrogens with one attached hydrogen (secondary N) is 1. The van der Waals surface area contributed by atoms with Crippen molar-refractivity contribution in [2.75, 3.05) is 13.1 Å². The molecule has 2 fully saturated rings. The van der Waals surface area contributed by atoms with Crippen LogP contribution in [-0.2, 0) is 10.0 Å². The molecule has 1 saturated carbocycles. The van der Waals surface area contributed by atoms with E-state index in [9.17, 15) is 13.2 Å². The number of Topliss-reactive ketones (excluding diaryl/α,β-unsaturated/α-hetero) is 1. The molecule has 126 valence electrons. The minimum atomic E-state index is -3.58. The maximum Gasteiger partial charge on any atom is 0.240 e. The van der Waals surface area contributed by atoms with Gasteiger partial charge in [0.25, 0.3) is 0 Å². The molecule has 3 rings (SSSR count). The van der Waals surface area contributed by atoms with Crippen LogP contribution in [0.5, 0.6) is 0 Å². The number of hydrogen-bond donors (Lipinski definition) is 1. The normalized spacial score (nSPS) is 23.4. The van der Waals surface area contributed by atoms with Gasteiger partial charge in [-0.25, -0.2) is 13.1 Å². The van der Waals surface area contributed by atoms with Gasteiger partial charge in [0.2, 0.25) is 10.0 Å². The monoisotopic (exact) mass is 336 g/mol. The van der Waals surface area contributed by atoms with Crippen molar-refractivity contribution in [3.63, 3.8) is 0 Å². The van der Waals surface area contributed by atoms with Gasteiger partial charge in [0.15, 0.2) is 5.78 Å². The maximum absolute atomic E-state index is 12.5.